The average Bonchev–Trinajstić information content (AvgIpc) is 2.48. The van der Waals surface area contributed by atoms with E-state index in [1.54, 1.807) is 26.0 Å². The fourth-order valence-electron chi connectivity index (χ4n) is 3.14. The van der Waals surface area contributed by atoms with Crippen LogP contribution in [0.4, 0.5) is 0 Å². The Bertz CT molecular complexity index is 803. The van der Waals surface area contributed by atoms with Crippen LogP contribution in [-0.2, 0) is 0 Å². The standard InChI is InChI=1S/C20H22O4/c1-9-7-15(17(19(21)22)13(5)11(9)3)16-8-10(2)12(4)14(6)18(16)20(23)24/h7-8H,1-6H3,(H,21,22)(H,23,24). The second-order valence-electron chi connectivity index (χ2n) is 6.34. The molecular weight excluding hydrogens is 304 g/mol. The first kappa shape index (κ1) is 17.7. The number of carbonyl (C=O) groups is 2. The molecule has 0 aliphatic rings. The van der Waals surface area contributed by atoms with Gasteiger partial charge in [-0.2, -0.15) is 0 Å². The Hall–Kier alpha value is -2.62. The maximum absolute atomic E-state index is 11.8. The number of carboxylic acid groups (broad SMARTS) is 2. The molecule has 2 aromatic carbocycles. The number of hydrogen-bond donors (Lipinski definition) is 2. The first-order chi connectivity index (χ1) is 11.1. The highest BCUT2D eigenvalue weighted by molar-refractivity contribution is 6.04. The molecule has 0 saturated carbocycles. The number of carboxylic acids is 2. The van der Waals surface area contributed by atoms with Gasteiger partial charge in [-0.3, -0.25) is 0 Å². The molecule has 0 bridgehead atoms. The SMILES string of the molecule is Cc1cc(-c2cc(C)c(C)c(C)c2C(=O)O)c(C(=O)O)c(C)c1C. The van der Waals surface area contributed by atoms with Crippen LogP contribution in [0.3, 0.4) is 0 Å². The van der Waals surface area contributed by atoms with Crippen LogP contribution >= 0.6 is 0 Å². The van der Waals surface area contributed by atoms with Crippen LogP contribution in [-0.4, -0.2) is 22.2 Å². The van der Waals surface area contributed by atoms with Crippen molar-refractivity contribution in [3.05, 3.63) is 56.6 Å². The zero-order valence-corrected chi connectivity index (χ0v) is 14.9. The van der Waals surface area contributed by atoms with Gasteiger partial charge in [-0.25, -0.2) is 9.59 Å². The van der Waals surface area contributed by atoms with Gasteiger partial charge in [0, 0.05) is 0 Å². The van der Waals surface area contributed by atoms with Crippen molar-refractivity contribution in [3.8, 4) is 11.1 Å². The molecule has 0 amide bonds. The molecule has 0 fully saturated rings. The second-order valence-corrected chi connectivity index (χ2v) is 6.34. The van der Waals surface area contributed by atoms with Gasteiger partial charge in [-0.1, -0.05) is 12.1 Å². The van der Waals surface area contributed by atoms with E-state index in [2.05, 4.69) is 0 Å². The summed E-state index contributed by atoms with van der Waals surface area (Å²) in [4.78, 5) is 23.7. The van der Waals surface area contributed by atoms with Crippen molar-refractivity contribution < 1.29 is 19.8 Å². The van der Waals surface area contributed by atoms with E-state index in [9.17, 15) is 19.8 Å². The fourth-order valence-corrected chi connectivity index (χ4v) is 3.14. The quantitative estimate of drug-likeness (QED) is 0.864. The fraction of sp³-hybridized carbons (Fsp3) is 0.300. The third-order valence-corrected chi connectivity index (χ3v) is 5.04. The van der Waals surface area contributed by atoms with Crippen LogP contribution < -0.4 is 0 Å². The smallest absolute Gasteiger partial charge is 0.336 e. The summed E-state index contributed by atoms with van der Waals surface area (Å²) >= 11 is 0. The molecular formula is C20H22O4. The minimum Gasteiger partial charge on any atom is -0.478 e. The zero-order chi connectivity index (χ0) is 18.3. The Morgan fingerprint density at radius 1 is 0.625 bits per heavy atom. The van der Waals surface area contributed by atoms with Gasteiger partial charge in [0.1, 0.15) is 0 Å². The molecule has 0 spiro atoms. The van der Waals surface area contributed by atoms with Crippen LogP contribution in [0.5, 0.6) is 0 Å². The first-order valence-electron chi connectivity index (χ1n) is 7.76. The molecule has 0 radical (unpaired) electrons. The molecule has 0 atom stereocenters. The van der Waals surface area contributed by atoms with Crippen molar-refractivity contribution >= 4 is 11.9 Å². The number of hydrogen-bond acceptors (Lipinski definition) is 2. The molecule has 4 nitrogen and oxygen atoms in total. The van der Waals surface area contributed by atoms with Gasteiger partial charge in [-0.15, -0.1) is 0 Å². The Morgan fingerprint density at radius 3 is 1.17 bits per heavy atom. The summed E-state index contributed by atoms with van der Waals surface area (Å²) in [7, 11) is 0. The van der Waals surface area contributed by atoms with Crippen molar-refractivity contribution in [2.75, 3.05) is 0 Å². The maximum Gasteiger partial charge on any atom is 0.336 e. The lowest BCUT2D eigenvalue weighted by Crippen LogP contribution is -2.10. The minimum atomic E-state index is -1.04. The lowest BCUT2D eigenvalue weighted by molar-refractivity contribution is 0.0683. The Morgan fingerprint density at radius 2 is 0.917 bits per heavy atom. The van der Waals surface area contributed by atoms with Crippen molar-refractivity contribution in [2.45, 2.75) is 41.5 Å². The van der Waals surface area contributed by atoms with Crippen molar-refractivity contribution in [2.24, 2.45) is 0 Å². The normalized spacial score (nSPS) is 10.8. The Labute approximate surface area is 141 Å². The Kier molecular flexibility index (Phi) is 4.52. The molecule has 2 N–H and O–H groups in total. The van der Waals surface area contributed by atoms with E-state index in [-0.39, 0.29) is 11.1 Å². The van der Waals surface area contributed by atoms with E-state index in [1.807, 2.05) is 27.7 Å². The number of benzene rings is 2. The third kappa shape index (κ3) is 2.68. The number of aryl methyl sites for hydroxylation is 2. The van der Waals surface area contributed by atoms with Crippen LogP contribution in [0.25, 0.3) is 11.1 Å². The highest BCUT2D eigenvalue weighted by Gasteiger charge is 2.24. The van der Waals surface area contributed by atoms with Gasteiger partial charge in [-0.05, 0) is 86.1 Å². The summed E-state index contributed by atoms with van der Waals surface area (Å²) in [5.74, 6) is -2.09. The van der Waals surface area contributed by atoms with E-state index < -0.39 is 11.9 Å². The summed E-state index contributed by atoms with van der Waals surface area (Å²) in [5, 5.41) is 19.4. The molecule has 0 saturated heterocycles. The summed E-state index contributed by atoms with van der Waals surface area (Å²) < 4.78 is 0. The van der Waals surface area contributed by atoms with E-state index in [4.69, 9.17) is 0 Å². The molecule has 0 unspecified atom stereocenters. The van der Waals surface area contributed by atoms with E-state index >= 15 is 0 Å². The summed E-state index contributed by atoms with van der Waals surface area (Å²) in [6.07, 6.45) is 0. The molecule has 0 aromatic heterocycles. The molecule has 0 aliphatic carbocycles. The predicted molar refractivity (Wildman–Crippen MR) is 94.2 cm³/mol. The van der Waals surface area contributed by atoms with Gasteiger partial charge in [0.05, 0.1) is 11.1 Å². The van der Waals surface area contributed by atoms with Gasteiger partial charge in [0.15, 0.2) is 0 Å². The molecule has 4 heteroatoms. The van der Waals surface area contributed by atoms with Crippen LogP contribution in [0.1, 0.15) is 54.1 Å². The van der Waals surface area contributed by atoms with Gasteiger partial charge < -0.3 is 10.2 Å². The lowest BCUT2D eigenvalue weighted by atomic mass is 9.84. The number of rotatable bonds is 3. The van der Waals surface area contributed by atoms with Crippen LogP contribution in [0.2, 0.25) is 0 Å². The summed E-state index contributed by atoms with van der Waals surface area (Å²) in [6.45, 7) is 11.1. The molecule has 2 rings (SSSR count). The summed E-state index contributed by atoms with van der Waals surface area (Å²) in [6, 6.07) is 3.56. The van der Waals surface area contributed by atoms with Crippen molar-refractivity contribution in [3.63, 3.8) is 0 Å². The molecule has 126 valence electrons. The van der Waals surface area contributed by atoms with Crippen LogP contribution in [0.15, 0.2) is 12.1 Å². The third-order valence-electron chi connectivity index (χ3n) is 5.04. The highest BCUT2D eigenvalue weighted by atomic mass is 16.4. The monoisotopic (exact) mass is 326 g/mol. The zero-order valence-electron chi connectivity index (χ0n) is 14.9. The highest BCUT2D eigenvalue weighted by Crippen LogP contribution is 2.36. The van der Waals surface area contributed by atoms with Gasteiger partial charge in [0.25, 0.3) is 0 Å². The van der Waals surface area contributed by atoms with E-state index in [1.165, 1.54) is 0 Å². The van der Waals surface area contributed by atoms with Gasteiger partial charge >= 0.3 is 11.9 Å². The average molecular weight is 326 g/mol. The molecule has 0 heterocycles. The van der Waals surface area contributed by atoms with E-state index in [0.29, 0.717) is 22.3 Å². The van der Waals surface area contributed by atoms with E-state index in [0.717, 1.165) is 22.3 Å². The second kappa shape index (κ2) is 6.11. The first-order valence-corrected chi connectivity index (χ1v) is 7.76. The lowest BCUT2D eigenvalue weighted by Gasteiger charge is -2.19. The van der Waals surface area contributed by atoms with Crippen LogP contribution in [0, 0.1) is 41.5 Å². The Balaban J connectivity index is 3.02. The van der Waals surface area contributed by atoms with Gasteiger partial charge in [0.2, 0.25) is 0 Å². The van der Waals surface area contributed by atoms with Crippen molar-refractivity contribution in [1.82, 2.24) is 0 Å². The van der Waals surface area contributed by atoms with Crippen molar-refractivity contribution in [1.29, 1.82) is 0 Å². The molecule has 0 aliphatic heterocycles. The predicted octanol–water partition coefficient (Wildman–Crippen LogP) is 4.60. The number of aromatic carboxylic acids is 2. The largest absolute Gasteiger partial charge is 0.478 e. The minimum absolute atomic E-state index is 0.170. The maximum atomic E-state index is 11.8. The summed E-state index contributed by atoms with van der Waals surface area (Å²) in [5.41, 5.74) is 6.32. The molecule has 24 heavy (non-hydrogen) atoms. The topological polar surface area (TPSA) is 74.6 Å². The molecule has 2 aromatic rings.